The number of aryl methyl sites for hydroxylation is 1. The summed E-state index contributed by atoms with van der Waals surface area (Å²) in [5.74, 6) is 0.179. The van der Waals surface area contributed by atoms with Crippen LogP contribution in [0.15, 0.2) is 24.3 Å². The molecule has 0 radical (unpaired) electrons. The molecule has 0 spiro atoms. The highest BCUT2D eigenvalue weighted by Crippen LogP contribution is 2.30. The van der Waals surface area contributed by atoms with Crippen molar-refractivity contribution in [2.24, 2.45) is 11.3 Å². The minimum atomic E-state index is -0.344. The van der Waals surface area contributed by atoms with Crippen LogP contribution in [0, 0.1) is 18.3 Å². The van der Waals surface area contributed by atoms with E-state index in [1.54, 1.807) is 0 Å². The SMILES string of the molecule is CCC(C(=O)NC(C)(C)c1ccc(C)cc1)C(C)(C)C. The van der Waals surface area contributed by atoms with Crippen LogP contribution in [-0.2, 0) is 10.3 Å². The number of rotatable bonds is 4. The molecule has 0 aliphatic carbocycles. The molecule has 20 heavy (non-hydrogen) atoms. The van der Waals surface area contributed by atoms with E-state index >= 15 is 0 Å². The molecule has 0 fully saturated rings. The summed E-state index contributed by atoms with van der Waals surface area (Å²) < 4.78 is 0. The van der Waals surface area contributed by atoms with Crippen molar-refractivity contribution in [2.75, 3.05) is 0 Å². The predicted molar refractivity (Wildman–Crippen MR) is 85.6 cm³/mol. The van der Waals surface area contributed by atoms with Crippen LogP contribution in [0.3, 0.4) is 0 Å². The molecule has 2 heteroatoms. The maximum absolute atomic E-state index is 12.6. The number of amides is 1. The Morgan fingerprint density at radius 3 is 2.00 bits per heavy atom. The standard InChI is InChI=1S/C18H29NO/c1-8-15(17(3,4)5)16(20)19-18(6,7)14-11-9-13(2)10-12-14/h9-12,15H,8H2,1-7H3,(H,19,20). The molecule has 1 aromatic rings. The molecule has 1 atom stereocenters. The lowest BCUT2D eigenvalue weighted by Crippen LogP contribution is -2.46. The zero-order valence-electron chi connectivity index (χ0n) is 14.0. The third-order valence-electron chi connectivity index (χ3n) is 3.98. The van der Waals surface area contributed by atoms with E-state index in [-0.39, 0.29) is 22.8 Å². The molecule has 1 rings (SSSR count). The maximum Gasteiger partial charge on any atom is 0.224 e. The highest BCUT2D eigenvalue weighted by Gasteiger charge is 2.33. The second-order valence-electron chi connectivity index (χ2n) is 7.31. The molecule has 112 valence electrons. The topological polar surface area (TPSA) is 29.1 Å². The van der Waals surface area contributed by atoms with E-state index in [2.05, 4.69) is 78.0 Å². The fourth-order valence-corrected chi connectivity index (χ4v) is 2.63. The van der Waals surface area contributed by atoms with Crippen LogP contribution in [0.5, 0.6) is 0 Å². The minimum absolute atomic E-state index is 0.0117. The maximum atomic E-state index is 12.6. The number of carbonyl (C=O) groups is 1. The molecule has 0 aliphatic rings. The summed E-state index contributed by atoms with van der Waals surface area (Å²) >= 11 is 0. The van der Waals surface area contributed by atoms with Gasteiger partial charge in [-0.3, -0.25) is 4.79 Å². The predicted octanol–water partition coefficient (Wildman–Crippen LogP) is 4.42. The van der Waals surface area contributed by atoms with Crippen molar-refractivity contribution < 1.29 is 4.79 Å². The molecule has 1 amide bonds. The molecule has 2 nitrogen and oxygen atoms in total. The number of benzene rings is 1. The average Bonchev–Trinajstić information content (AvgIpc) is 2.27. The first-order valence-electron chi connectivity index (χ1n) is 7.47. The zero-order chi connectivity index (χ0) is 15.6. The second-order valence-corrected chi connectivity index (χ2v) is 7.31. The van der Waals surface area contributed by atoms with E-state index in [1.165, 1.54) is 5.56 Å². The fraction of sp³-hybridized carbons (Fsp3) is 0.611. The lowest BCUT2D eigenvalue weighted by atomic mass is 9.78. The van der Waals surface area contributed by atoms with Crippen molar-refractivity contribution >= 4 is 5.91 Å². The molecule has 0 bridgehead atoms. The molecule has 0 saturated heterocycles. The Balaban J connectivity index is 2.90. The minimum Gasteiger partial charge on any atom is -0.347 e. The second kappa shape index (κ2) is 5.99. The third kappa shape index (κ3) is 4.09. The Kier molecular flexibility index (Phi) is 5.01. The summed E-state index contributed by atoms with van der Waals surface area (Å²) in [7, 11) is 0. The van der Waals surface area contributed by atoms with Gasteiger partial charge in [-0.15, -0.1) is 0 Å². The Hall–Kier alpha value is -1.31. The average molecular weight is 275 g/mol. The van der Waals surface area contributed by atoms with Crippen molar-refractivity contribution in [3.63, 3.8) is 0 Å². The van der Waals surface area contributed by atoms with Crippen LogP contribution in [0.25, 0.3) is 0 Å². The fourth-order valence-electron chi connectivity index (χ4n) is 2.63. The highest BCUT2D eigenvalue weighted by molar-refractivity contribution is 5.80. The van der Waals surface area contributed by atoms with Gasteiger partial charge in [-0.05, 0) is 38.2 Å². The van der Waals surface area contributed by atoms with Crippen molar-refractivity contribution in [3.05, 3.63) is 35.4 Å². The number of hydrogen-bond acceptors (Lipinski definition) is 1. The molecule has 1 aromatic carbocycles. The molecule has 0 aromatic heterocycles. The van der Waals surface area contributed by atoms with Gasteiger partial charge >= 0.3 is 0 Å². The number of nitrogens with one attached hydrogen (secondary N) is 1. The van der Waals surface area contributed by atoms with Crippen molar-refractivity contribution in [1.82, 2.24) is 5.32 Å². The smallest absolute Gasteiger partial charge is 0.224 e. The van der Waals surface area contributed by atoms with E-state index in [0.29, 0.717) is 0 Å². The van der Waals surface area contributed by atoms with Gasteiger partial charge < -0.3 is 5.32 Å². The first kappa shape index (κ1) is 16.7. The van der Waals surface area contributed by atoms with Crippen LogP contribution >= 0.6 is 0 Å². The van der Waals surface area contributed by atoms with Gasteiger partial charge in [-0.25, -0.2) is 0 Å². The Bertz CT molecular complexity index is 451. The zero-order valence-corrected chi connectivity index (χ0v) is 14.0. The summed E-state index contributed by atoms with van der Waals surface area (Å²) in [4.78, 5) is 12.6. The van der Waals surface area contributed by atoms with Gasteiger partial charge in [0.1, 0.15) is 0 Å². The van der Waals surface area contributed by atoms with Crippen molar-refractivity contribution in [3.8, 4) is 0 Å². The molecular formula is C18H29NO. The summed E-state index contributed by atoms with van der Waals surface area (Å²) in [5, 5.41) is 3.21. The third-order valence-corrected chi connectivity index (χ3v) is 3.98. The van der Waals surface area contributed by atoms with Crippen molar-refractivity contribution in [1.29, 1.82) is 0 Å². The lowest BCUT2D eigenvalue weighted by molar-refractivity contribution is -0.130. The lowest BCUT2D eigenvalue weighted by Gasteiger charge is -2.34. The summed E-state index contributed by atoms with van der Waals surface area (Å²) in [6.45, 7) is 14.6. The largest absolute Gasteiger partial charge is 0.347 e. The Labute approximate surface area is 124 Å². The van der Waals surface area contributed by atoms with Gasteiger partial charge in [0, 0.05) is 5.92 Å². The Morgan fingerprint density at radius 2 is 1.60 bits per heavy atom. The van der Waals surface area contributed by atoms with Crippen LogP contribution in [0.1, 0.15) is 59.1 Å². The van der Waals surface area contributed by atoms with Gasteiger partial charge in [0.05, 0.1) is 5.54 Å². The molecule has 1 N–H and O–H groups in total. The van der Waals surface area contributed by atoms with Crippen LogP contribution in [0.4, 0.5) is 0 Å². The Morgan fingerprint density at radius 1 is 1.10 bits per heavy atom. The highest BCUT2D eigenvalue weighted by atomic mass is 16.2. The van der Waals surface area contributed by atoms with Crippen molar-refractivity contribution in [2.45, 2.75) is 60.4 Å². The number of hydrogen-bond donors (Lipinski definition) is 1. The number of carbonyl (C=O) groups excluding carboxylic acids is 1. The first-order valence-corrected chi connectivity index (χ1v) is 7.47. The van der Waals surface area contributed by atoms with E-state index in [0.717, 1.165) is 12.0 Å². The van der Waals surface area contributed by atoms with Crippen LogP contribution in [-0.4, -0.2) is 5.91 Å². The van der Waals surface area contributed by atoms with E-state index in [1.807, 2.05) is 0 Å². The van der Waals surface area contributed by atoms with E-state index in [4.69, 9.17) is 0 Å². The van der Waals surface area contributed by atoms with Gasteiger partial charge in [0.25, 0.3) is 0 Å². The van der Waals surface area contributed by atoms with Gasteiger partial charge in [0.2, 0.25) is 5.91 Å². The summed E-state index contributed by atoms with van der Waals surface area (Å²) in [6.07, 6.45) is 0.860. The van der Waals surface area contributed by atoms with Gasteiger partial charge in [0.15, 0.2) is 0 Å². The summed E-state index contributed by atoms with van der Waals surface area (Å²) in [5.41, 5.74) is 2.02. The monoisotopic (exact) mass is 275 g/mol. The first-order chi connectivity index (χ1) is 9.08. The molecular weight excluding hydrogens is 246 g/mol. The van der Waals surface area contributed by atoms with Crippen LogP contribution < -0.4 is 5.32 Å². The van der Waals surface area contributed by atoms with Gasteiger partial charge in [-0.2, -0.15) is 0 Å². The van der Waals surface area contributed by atoms with Crippen LogP contribution in [0.2, 0.25) is 0 Å². The van der Waals surface area contributed by atoms with E-state index in [9.17, 15) is 4.79 Å². The quantitative estimate of drug-likeness (QED) is 0.866. The summed E-state index contributed by atoms with van der Waals surface area (Å²) in [6, 6.07) is 8.36. The molecule has 0 saturated carbocycles. The van der Waals surface area contributed by atoms with Gasteiger partial charge in [-0.1, -0.05) is 57.5 Å². The molecule has 1 unspecified atom stereocenters. The molecule has 0 heterocycles. The normalized spacial score (nSPS) is 13.9. The molecule has 0 aliphatic heterocycles. The van der Waals surface area contributed by atoms with E-state index < -0.39 is 0 Å².